The molecule has 1 aromatic rings. The largest absolute Gasteiger partial charge is 0.381 e. The van der Waals surface area contributed by atoms with Crippen LogP contribution >= 0.6 is 0 Å². The quantitative estimate of drug-likeness (QED) is 0.740. The van der Waals surface area contributed by atoms with E-state index in [4.69, 9.17) is 0 Å². The first kappa shape index (κ1) is 10.9. The summed E-state index contributed by atoms with van der Waals surface area (Å²) in [5, 5.41) is 3.41. The zero-order valence-corrected chi connectivity index (χ0v) is 10.3. The van der Waals surface area contributed by atoms with E-state index in [9.17, 15) is 4.39 Å². The topological polar surface area (TPSA) is 15.3 Å². The first-order chi connectivity index (χ1) is 8.23. The molecule has 1 heterocycles. The third-order valence-corrected chi connectivity index (χ3v) is 4.43. The van der Waals surface area contributed by atoms with Gasteiger partial charge in [0.25, 0.3) is 0 Å². The van der Waals surface area contributed by atoms with Crippen LogP contribution in [0.15, 0.2) is 18.2 Å². The SMILES string of the molecule is CN1c2c(F)cccc2NCC12CCCCC2. The molecule has 0 radical (unpaired) electrons. The normalized spacial score (nSPS) is 22.1. The van der Waals surface area contributed by atoms with Gasteiger partial charge in [-0.05, 0) is 25.0 Å². The van der Waals surface area contributed by atoms with Gasteiger partial charge in [-0.15, -0.1) is 0 Å². The van der Waals surface area contributed by atoms with Gasteiger partial charge in [0.15, 0.2) is 0 Å². The Bertz CT molecular complexity index is 424. The number of nitrogens with zero attached hydrogens (tertiary/aromatic N) is 1. The molecule has 2 aliphatic rings. The summed E-state index contributed by atoms with van der Waals surface area (Å²) in [5.74, 6) is -0.109. The highest BCUT2D eigenvalue weighted by Gasteiger charge is 2.40. The van der Waals surface area contributed by atoms with Crippen LogP contribution in [0, 0.1) is 5.82 Å². The summed E-state index contributed by atoms with van der Waals surface area (Å²) >= 11 is 0. The van der Waals surface area contributed by atoms with Crippen molar-refractivity contribution >= 4 is 11.4 Å². The van der Waals surface area contributed by atoms with E-state index in [2.05, 4.69) is 10.2 Å². The Morgan fingerprint density at radius 2 is 2.00 bits per heavy atom. The molecule has 2 nitrogen and oxygen atoms in total. The zero-order chi connectivity index (χ0) is 11.9. The lowest BCUT2D eigenvalue weighted by atomic mass is 9.79. The minimum atomic E-state index is -0.109. The van der Waals surface area contributed by atoms with Crippen LogP contribution in [-0.4, -0.2) is 19.1 Å². The zero-order valence-electron chi connectivity index (χ0n) is 10.3. The van der Waals surface area contributed by atoms with Crippen LogP contribution in [0.5, 0.6) is 0 Å². The van der Waals surface area contributed by atoms with Crippen molar-refractivity contribution in [2.45, 2.75) is 37.6 Å². The van der Waals surface area contributed by atoms with E-state index in [1.54, 1.807) is 12.1 Å². The van der Waals surface area contributed by atoms with E-state index in [0.29, 0.717) is 0 Å². The van der Waals surface area contributed by atoms with Crippen molar-refractivity contribution in [3.63, 3.8) is 0 Å². The third kappa shape index (κ3) is 1.60. The van der Waals surface area contributed by atoms with Gasteiger partial charge in [0, 0.05) is 13.6 Å². The maximum atomic E-state index is 14.0. The molecule has 0 amide bonds. The minimum absolute atomic E-state index is 0.109. The number of anilines is 2. The number of halogens is 1. The number of nitrogens with one attached hydrogen (secondary N) is 1. The third-order valence-electron chi connectivity index (χ3n) is 4.43. The second-order valence-corrected chi connectivity index (χ2v) is 5.33. The average molecular weight is 234 g/mol. The maximum Gasteiger partial charge on any atom is 0.148 e. The van der Waals surface area contributed by atoms with Gasteiger partial charge in [0.05, 0.1) is 16.9 Å². The number of hydrogen-bond acceptors (Lipinski definition) is 2. The highest BCUT2D eigenvalue weighted by atomic mass is 19.1. The second-order valence-electron chi connectivity index (χ2n) is 5.33. The molecule has 1 aliphatic heterocycles. The molecule has 0 unspecified atom stereocenters. The van der Waals surface area contributed by atoms with E-state index in [1.807, 2.05) is 13.1 Å². The molecule has 0 aromatic heterocycles. The summed E-state index contributed by atoms with van der Waals surface area (Å²) in [5.41, 5.74) is 1.82. The minimum Gasteiger partial charge on any atom is -0.381 e. The summed E-state index contributed by atoms with van der Waals surface area (Å²) in [4.78, 5) is 2.19. The summed E-state index contributed by atoms with van der Waals surface area (Å²) < 4.78 is 14.0. The molecular formula is C14H19FN2. The molecule has 0 atom stereocenters. The molecule has 1 spiro atoms. The van der Waals surface area contributed by atoms with Crippen LogP contribution in [0.1, 0.15) is 32.1 Å². The van der Waals surface area contributed by atoms with Crippen molar-refractivity contribution in [2.24, 2.45) is 0 Å². The van der Waals surface area contributed by atoms with Crippen LogP contribution < -0.4 is 10.2 Å². The number of rotatable bonds is 0. The van der Waals surface area contributed by atoms with Crippen molar-refractivity contribution in [2.75, 3.05) is 23.8 Å². The van der Waals surface area contributed by atoms with Crippen molar-refractivity contribution in [1.82, 2.24) is 0 Å². The molecule has 0 saturated heterocycles. The Labute approximate surface area is 102 Å². The van der Waals surface area contributed by atoms with Crippen LogP contribution in [0.3, 0.4) is 0 Å². The fourth-order valence-corrected chi connectivity index (χ4v) is 3.34. The van der Waals surface area contributed by atoms with Gasteiger partial charge in [-0.1, -0.05) is 25.3 Å². The smallest absolute Gasteiger partial charge is 0.148 e. The Hall–Kier alpha value is -1.25. The van der Waals surface area contributed by atoms with Crippen LogP contribution in [-0.2, 0) is 0 Å². The molecule has 1 saturated carbocycles. The first-order valence-electron chi connectivity index (χ1n) is 6.49. The van der Waals surface area contributed by atoms with E-state index < -0.39 is 0 Å². The monoisotopic (exact) mass is 234 g/mol. The highest BCUT2D eigenvalue weighted by molar-refractivity contribution is 5.74. The predicted octanol–water partition coefficient (Wildman–Crippen LogP) is 3.39. The van der Waals surface area contributed by atoms with Crippen molar-refractivity contribution in [1.29, 1.82) is 0 Å². The number of benzene rings is 1. The average Bonchev–Trinajstić information content (AvgIpc) is 2.36. The molecule has 1 aliphatic carbocycles. The van der Waals surface area contributed by atoms with Gasteiger partial charge in [0.1, 0.15) is 5.82 Å². The van der Waals surface area contributed by atoms with E-state index in [1.165, 1.54) is 32.1 Å². The lowest BCUT2D eigenvalue weighted by Gasteiger charge is -2.50. The van der Waals surface area contributed by atoms with Crippen molar-refractivity contribution in [3.05, 3.63) is 24.0 Å². The number of fused-ring (bicyclic) bond motifs is 1. The van der Waals surface area contributed by atoms with Gasteiger partial charge in [-0.2, -0.15) is 0 Å². The Kier molecular flexibility index (Phi) is 2.49. The summed E-state index contributed by atoms with van der Waals surface area (Å²) in [6, 6.07) is 5.29. The standard InChI is InChI=1S/C14H19FN2/c1-17-13-11(15)6-5-7-12(13)16-10-14(17)8-3-2-4-9-14/h5-7,16H,2-4,8-10H2,1H3. The van der Waals surface area contributed by atoms with Crippen molar-refractivity contribution in [3.8, 4) is 0 Å². The molecule has 3 rings (SSSR count). The fraction of sp³-hybridized carbons (Fsp3) is 0.571. The molecule has 1 fully saturated rings. The Morgan fingerprint density at radius 3 is 2.76 bits per heavy atom. The van der Waals surface area contributed by atoms with Gasteiger partial charge in [-0.25, -0.2) is 4.39 Å². The van der Waals surface area contributed by atoms with Crippen LogP contribution in [0.4, 0.5) is 15.8 Å². The summed E-state index contributed by atoms with van der Waals surface area (Å²) in [7, 11) is 2.05. The lowest BCUT2D eigenvalue weighted by Crippen LogP contribution is -2.55. The predicted molar refractivity (Wildman–Crippen MR) is 69.1 cm³/mol. The molecule has 1 aromatic carbocycles. The second kappa shape index (κ2) is 3.90. The highest BCUT2D eigenvalue weighted by Crippen LogP contribution is 2.43. The molecular weight excluding hydrogens is 215 g/mol. The number of para-hydroxylation sites is 1. The molecule has 1 N–H and O–H groups in total. The molecule has 17 heavy (non-hydrogen) atoms. The van der Waals surface area contributed by atoms with Gasteiger partial charge in [0.2, 0.25) is 0 Å². The van der Waals surface area contributed by atoms with Crippen molar-refractivity contribution < 1.29 is 4.39 Å². The van der Waals surface area contributed by atoms with Crippen LogP contribution in [0.25, 0.3) is 0 Å². The maximum absolute atomic E-state index is 14.0. The van der Waals surface area contributed by atoms with E-state index in [0.717, 1.165) is 17.9 Å². The molecule has 92 valence electrons. The van der Waals surface area contributed by atoms with Crippen LogP contribution in [0.2, 0.25) is 0 Å². The fourth-order valence-electron chi connectivity index (χ4n) is 3.34. The van der Waals surface area contributed by atoms with E-state index >= 15 is 0 Å². The first-order valence-corrected chi connectivity index (χ1v) is 6.49. The van der Waals surface area contributed by atoms with Gasteiger partial charge < -0.3 is 10.2 Å². The number of likely N-dealkylation sites (N-methyl/N-ethyl adjacent to an activating group) is 1. The summed E-state index contributed by atoms with van der Waals surface area (Å²) in [6.45, 7) is 0.944. The number of hydrogen-bond donors (Lipinski definition) is 1. The van der Waals surface area contributed by atoms with Gasteiger partial charge in [-0.3, -0.25) is 0 Å². The van der Waals surface area contributed by atoms with Gasteiger partial charge >= 0.3 is 0 Å². The Balaban J connectivity index is 2.01. The molecule has 3 heteroatoms. The lowest BCUT2D eigenvalue weighted by molar-refractivity contribution is 0.292. The Morgan fingerprint density at radius 1 is 1.24 bits per heavy atom. The van der Waals surface area contributed by atoms with E-state index in [-0.39, 0.29) is 11.4 Å². The summed E-state index contributed by atoms with van der Waals surface area (Å²) in [6.07, 6.45) is 6.18. The molecule has 0 bridgehead atoms.